The van der Waals surface area contributed by atoms with E-state index in [1.807, 2.05) is 11.3 Å². The van der Waals surface area contributed by atoms with E-state index < -0.39 is 0 Å². The molecule has 1 fully saturated rings. The molecule has 114 valence electrons. The van der Waals surface area contributed by atoms with Crippen molar-refractivity contribution in [3.8, 4) is 0 Å². The van der Waals surface area contributed by atoms with E-state index in [0.717, 1.165) is 0 Å². The summed E-state index contributed by atoms with van der Waals surface area (Å²) in [5, 5.41) is 0. The topological polar surface area (TPSA) is 29.3 Å². The lowest BCUT2D eigenvalue weighted by Gasteiger charge is -2.41. The molecule has 0 aromatic carbocycles. The molecule has 2 nitrogen and oxygen atoms in total. The second-order valence-electron chi connectivity index (χ2n) is 6.87. The summed E-state index contributed by atoms with van der Waals surface area (Å²) in [5.41, 5.74) is 6.60. The van der Waals surface area contributed by atoms with Crippen molar-refractivity contribution in [3.63, 3.8) is 0 Å². The lowest BCUT2D eigenvalue weighted by Crippen LogP contribution is -2.41. The second-order valence-corrected chi connectivity index (χ2v) is 9.01. The highest BCUT2D eigenvalue weighted by Crippen LogP contribution is 2.40. The molecule has 2 N–H and O–H groups in total. The van der Waals surface area contributed by atoms with Gasteiger partial charge < -0.3 is 5.73 Å². The van der Waals surface area contributed by atoms with Crippen molar-refractivity contribution in [1.82, 2.24) is 4.90 Å². The predicted octanol–water partition coefficient (Wildman–Crippen LogP) is 4.72. The third kappa shape index (κ3) is 3.65. The van der Waals surface area contributed by atoms with Crippen molar-refractivity contribution in [2.24, 2.45) is 11.1 Å². The molecule has 1 saturated carbocycles. The van der Waals surface area contributed by atoms with Gasteiger partial charge >= 0.3 is 0 Å². The van der Waals surface area contributed by atoms with Crippen molar-refractivity contribution in [3.05, 3.63) is 20.3 Å². The highest BCUT2D eigenvalue weighted by atomic mass is 79.9. The summed E-state index contributed by atoms with van der Waals surface area (Å²) in [7, 11) is 2.25. The van der Waals surface area contributed by atoms with Crippen LogP contribution in [-0.2, 0) is 0 Å². The molecule has 0 radical (unpaired) electrons. The van der Waals surface area contributed by atoms with Gasteiger partial charge in [0.05, 0.1) is 6.04 Å². The van der Waals surface area contributed by atoms with Crippen molar-refractivity contribution < 1.29 is 0 Å². The van der Waals surface area contributed by atoms with Crippen LogP contribution in [0.3, 0.4) is 0 Å². The van der Waals surface area contributed by atoms with Crippen LogP contribution in [0, 0.1) is 12.3 Å². The number of nitrogens with zero attached hydrogens (tertiary/aromatic N) is 1. The van der Waals surface area contributed by atoms with E-state index in [9.17, 15) is 0 Å². The summed E-state index contributed by atoms with van der Waals surface area (Å²) < 4.78 is 1.22. The van der Waals surface area contributed by atoms with E-state index >= 15 is 0 Å². The predicted molar refractivity (Wildman–Crippen MR) is 92.4 cm³/mol. The molecular formula is C16H27BrN2S. The molecular weight excluding hydrogens is 332 g/mol. The smallest absolute Gasteiger partial charge is 0.0564 e. The Morgan fingerprint density at radius 2 is 2.05 bits per heavy atom. The van der Waals surface area contributed by atoms with Crippen molar-refractivity contribution >= 4 is 27.3 Å². The van der Waals surface area contributed by atoms with Crippen molar-refractivity contribution in [2.75, 3.05) is 13.6 Å². The average Bonchev–Trinajstić information content (AvgIpc) is 2.70. The van der Waals surface area contributed by atoms with E-state index in [2.05, 4.69) is 54.7 Å². The maximum Gasteiger partial charge on any atom is 0.0564 e. The van der Waals surface area contributed by atoms with Crippen LogP contribution in [0.15, 0.2) is 10.5 Å². The fraction of sp³-hybridized carbons (Fsp3) is 0.750. The number of nitrogens with two attached hydrogens (primary N) is 1. The Balaban J connectivity index is 2.08. The summed E-state index contributed by atoms with van der Waals surface area (Å²) >= 11 is 5.50. The molecule has 0 amide bonds. The zero-order valence-corrected chi connectivity index (χ0v) is 15.5. The van der Waals surface area contributed by atoms with Gasteiger partial charge in [-0.1, -0.05) is 13.8 Å². The minimum absolute atomic E-state index is 0.358. The normalized spacial score (nSPS) is 21.4. The van der Waals surface area contributed by atoms with E-state index in [-0.39, 0.29) is 0 Å². The first-order valence-electron chi connectivity index (χ1n) is 7.52. The third-order valence-corrected chi connectivity index (χ3v) is 7.04. The molecule has 2 rings (SSSR count). The van der Waals surface area contributed by atoms with Gasteiger partial charge in [-0.25, -0.2) is 0 Å². The molecule has 0 bridgehead atoms. The third-order valence-electron chi connectivity index (χ3n) is 4.80. The molecule has 4 heteroatoms. The Morgan fingerprint density at radius 1 is 1.45 bits per heavy atom. The largest absolute Gasteiger partial charge is 0.329 e. The van der Waals surface area contributed by atoms with Crippen LogP contribution >= 0.6 is 27.3 Å². The van der Waals surface area contributed by atoms with Crippen LogP contribution in [-0.4, -0.2) is 24.5 Å². The summed E-state index contributed by atoms with van der Waals surface area (Å²) in [4.78, 5) is 5.26. The van der Waals surface area contributed by atoms with Crippen LogP contribution in [0.4, 0.5) is 0 Å². The monoisotopic (exact) mass is 358 g/mol. The Hall–Kier alpha value is 0.100. The van der Waals surface area contributed by atoms with Gasteiger partial charge in [-0.2, -0.15) is 0 Å². The number of likely N-dealkylation sites (N-methyl/N-ethyl adjacent to an activating group) is 1. The summed E-state index contributed by atoms with van der Waals surface area (Å²) in [6.45, 7) is 7.64. The maximum absolute atomic E-state index is 6.07. The molecule has 20 heavy (non-hydrogen) atoms. The van der Waals surface area contributed by atoms with E-state index in [0.29, 0.717) is 24.0 Å². The number of hydrogen-bond acceptors (Lipinski definition) is 3. The van der Waals surface area contributed by atoms with Gasteiger partial charge in [0.1, 0.15) is 0 Å². The van der Waals surface area contributed by atoms with Crippen molar-refractivity contribution in [2.45, 2.75) is 58.5 Å². The van der Waals surface area contributed by atoms with Crippen LogP contribution < -0.4 is 5.73 Å². The zero-order chi connectivity index (χ0) is 14.9. The number of thiophene rings is 1. The second kappa shape index (κ2) is 6.47. The molecule has 1 aliphatic rings. The standard InChI is InChI=1S/C16H27BrN2S/c1-11-13(17)9-15(20-11)14(10-18)19(4)12-5-7-16(2,3)8-6-12/h9,12,14H,5-8,10,18H2,1-4H3. The minimum Gasteiger partial charge on any atom is -0.329 e. The maximum atomic E-state index is 6.07. The van der Waals surface area contributed by atoms with E-state index in [1.54, 1.807) is 0 Å². The lowest BCUT2D eigenvalue weighted by molar-refractivity contribution is 0.0978. The number of aryl methyl sites for hydroxylation is 1. The Kier molecular flexibility index (Phi) is 5.33. The van der Waals surface area contributed by atoms with Gasteiger partial charge in [-0.05, 0) is 67.1 Å². The first-order chi connectivity index (χ1) is 9.34. The number of hydrogen-bond donors (Lipinski definition) is 1. The van der Waals surface area contributed by atoms with Gasteiger partial charge in [0.25, 0.3) is 0 Å². The molecule has 1 heterocycles. The molecule has 1 aliphatic carbocycles. The highest BCUT2D eigenvalue weighted by Gasteiger charge is 2.32. The fourth-order valence-electron chi connectivity index (χ4n) is 3.17. The Morgan fingerprint density at radius 3 is 2.50 bits per heavy atom. The van der Waals surface area contributed by atoms with E-state index in [1.165, 1.54) is 39.9 Å². The van der Waals surface area contributed by atoms with E-state index in [4.69, 9.17) is 5.73 Å². The summed E-state index contributed by atoms with van der Waals surface area (Å²) in [6, 6.07) is 3.29. The van der Waals surface area contributed by atoms with Crippen LogP contribution in [0.25, 0.3) is 0 Å². The first kappa shape index (κ1) is 16.5. The van der Waals surface area contributed by atoms with Gasteiger partial charge in [0.15, 0.2) is 0 Å². The number of rotatable bonds is 4. The van der Waals surface area contributed by atoms with Gasteiger partial charge in [0.2, 0.25) is 0 Å². The molecule has 0 aliphatic heterocycles. The molecule has 0 spiro atoms. The SMILES string of the molecule is Cc1sc(C(CN)N(C)C2CCC(C)(C)CC2)cc1Br. The molecule has 1 aromatic rings. The molecule has 0 saturated heterocycles. The highest BCUT2D eigenvalue weighted by molar-refractivity contribution is 9.10. The fourth-order valence-corrected chi connectivity index (χ4v) is 4.90. The average molecular weight is 359 g/mol. The quantitative estimate of drug-likeness (QED) is 0.843. The Labute approximate surface area is 135 Å². The summed E-state index contributed by atoms with van der Waals surface area (Å²) in [5.74, 6) is 0. The van der Waals surface area contributed by atoms with Gasteiger partial charge in [-0.3, -0.25) is 4.90 Å². The number of halogens is 1. The zero-order valence-electron chi connectivity index (χ0n) is 13.1. The van der Waals surface area contributed by atoms with Crippen LogP contribution in [0.2, 0.25) is 0 Å². The van der Waals surface area contributed by atoms with Crippen molar-refractivity contribution in [1.29, 1.82) is 0 Å². The first-order valence-corrected chi connectivity index (χ1v) is 9.13. The molecule has 1 unspecified atom stereocenters. The summed E-state index contributed by atoms with van der Waals surface area (Å²) in [6.07, 6.45) is 5.25. The van der Waals surface area contributed by atoms with Crippen LogP contribution in [0.1, 0.15) is 55.3 Å². The van der Waals surface area contributed by atoms with Gasteiger partial charge in [-0.15, -0.1) is 11.3 Å². The van der Waals surface area contributed by atoms with Crippen LogP contribution in [0.5, 0.6) is 0 Å². The minimum atomic E-state index is 0.358. The lowest BCUT2D eigenvalue weighted by atomic mass is 9.75. The van der Waals surface area contributed by atoms with Gasteiger partial charge in [0, 0.05) is 26.8 Å². The molecule has 1 aromatic heterocycles. The Bertz CT molecular complexity index is 426. The molecule has 1 atom stereocenters.